The summed E-state index contributed by atoms with van der Waals surface area (Å²) in [6.45, 7) is 4.16. The van der Waals surface area contributed by atoms with E-state index in [0.29, 0.717) is 25.7 Å². The summed E-state index contributed by atoms with van der Waals surface area (Å²) < 4.78 is 57.5. The van der Waals surface area contributed by atoms with Gasteiger partial charge in [-0.3, -0.25) is 4.79 Å². The molecular formula is C21H27F3O4. The number of esters is 1. The second kappa shape index (κ2) is 11.1. The first-order valence-electron chi connectivity index (χ1n) is 9.76. The van der Waals surface area contributed by atoms with Gasteiger partial charge in [0.1, 0.15) is 0 Å². The molecule has 1 saturated heterocycles. The molecule has 0 bridgehead atoms. The number of carbonyl (C=O) groups excluding carboxylic acids is 1. The van der Waals surface area contributed by atoms with Crippen LogP contribution in [0.5, 0.6) is 11.5 Å². The Morgan fingerprint density at radius 3 is 2.54 bits per heavy atom. The van der Waals surface area contributed by atoms with Crippen LogP contribution in [0.1, 0.15) is 52.4 Å². The summed E-state index contributed by atoms with van der Waals surface area (Å²) in [6, 6.07) is 2.42. The van der Waals surface area contributed by atoms with Crippen molar-refractivity contribution in [3.05, 3.63) is 35.7 Å². The van der Waals surface area contributed by atoms with E-state index in [-0.39, 0.29) is 30.9 Å². The number of benzene rings is 1. The summed E-state index contributed by atoms with van der Waals surface area (Å²) >= 11 is 0. The number of hydrogen-bond acceptors (Lipinski definition) is 4. The number of halogens is 3. The molecule has 0 spiro atoms. The van der Waals surface area contributed by atoms with Gasteiger partial charge in [-0.25, -0.2) is 4.39 Å². The van der Waals surface area contributed by atoms with E-state index in [0.717, 1.165) is 12.8 Å². The fourth-order valence-corrected chi connectivity index (χ4v) is 2.84. The molecule has 1 aliphatic heterocycles. The van der Waals surface area contributed by atoms with Gasteiger partial charge >= 0.3 is 5.97 Å². The van der Waals surface area contributed by atoms with Gasteiger partial charge in [0.15, 0.2) is 11.5 Å². The lowest BCUT2D eigenvalue weighted by molar-refractivity contribution is -0.144. The number of carbonyl (C=O) groups is 1. The van der Waals surface area contributed by atoms with Crippen molar-refractivity contribution in [1.82, 2.24) is 0 Å². The highest BCUT2D eigenvalue weighted by molar-refractivity contribution is 5.75. The summed E-state index contributed by atoms with van der Waals surface area (Å²) in [5.74, 6) is -4.68. The molecule has 0 amide bonds. The van der Waals surface area contributed by atoms with E-state index in [1.807, 2.05) is 13.8 Å². The zero-order valence-corrected chi connectivity index (χ0v) is 16.3. The SMILES string of the molecule is CCCCOc1ccc(OC(=O)C2CCC(/C=C(\F)CCC)OC2)c(F)c1F. The minimum atomic E-state index is -1.26. The first-order chi connectivity index (χ1) is 13.5. The van der Waals surface area contributed by atoms with E-state index in [2.05, 4.69) is 0 Å². The molecule has 156 valence electrons. The van der Waals surface area contributed by atoms with Crippen molar-refractivity contribution in [3.8, 4) is 11.5 Å². The standard InChI is InChI=1S/C21H27F3O4/c1-3-5-11-26-17-9-10-18(20(24)19(17)23)28-21(25)14-7-8-16(27-13-14)12-15(22)6-4-2/h9-10,12,14,16H,3-8,11,13H2,1-2H3/b15-12-. The fourth-order valence-electron chi connectivity index (χ4n) is 2.84. The highest BCUT2D eigenvalue weighted by atomic mass is 19.2. The largest absolute Gasteiger partial charge is 0.490 e. The van der Waals surface area contributed by atoms with E-state index < -0.39 is 29.3 Å². The van der Waals surface area contributed by atoms with Gasteiger partial charge in [-0.1, -0.05) is 20.3 Å². The summed E-state index contributed by atoms with van der Waals surface area (Å²) in [5.41, 5.74) is 0. The number of ether oxygens (including phenoxy) is 3. The number of hydrogen-bond donors (Lipinski definition) is 0. The summed E-state index contributed by atoms with van der Waals surface area (Å²) in [6.07, 6.45) is 4.56. The van der Waals surface area contributed by atoms with Crippen molar-refractivity contribution in [1.29, 1.82) is 0 Å². The van der Waals surface area contributed by atoms with E-state index in [9.17, 15) is 18.0 Å². The maximum atomic E-state index is 14.2. The van der Waals surface area contributed by atoms with Crippen molar-refractivity contribution >= 4 is 5.97 Å². The predicted octanol–water partition coefficient (Wildman–Crippen LogP) is 5.50. The molecule has 0 N–H and O–H groups in total. The van der Waals surface area contributed by atoms with Gasteiger partial charge in [-0.15, -0.1) is 0 Å². The Bertz CT molecular complexity index is 682. The third-order valence-corrected chi connectivity index (χ3v) is 4.48. The summed E-state index contributed by atoms with van der Waals surface area (Å²) in [5, 5.41) is 0. The van der Waals surface area contributed by atoms with Crippen molar-refractivity contribution in [2.24, 2.45) is 5.92 Å². The molecule has 2 rings (SSSR count). The Morgan fingerprint density at radius 2 is 1.89 bits per heavy atom. The Morgan fingerprint density at radius 1 is 1.18 bits per heavy atom. The van der Waals surface area contributed by atoms with E-state index in [1.54, 1.807) is 0 Å². The molecule has 1 heterocycles. The topological polar surface area (TPSA) is 44.8 Å². The molecule has 0 aliphatic carbocycles. The predicted molar refractivity (Wildman–Crippen MR) is 99.0 cm³/mol. The second-order valence-corrected chi connectivity index (χ2v) is 6.82. The van der Waals surface area contributed by atoms with Crippen LogP contribution in [0.4, 0.5) is 13.2 Å². The Hall–Kier alpha value is -2.02. The maximum absolute atomic E-state index is 14.2. The van der Waals surface area contributed by atoms with Crippen molar-refractivity contribution < 1.29 is 32.2 Å². The van der Waals surface area contributed by atoms with Gasteiger partial charge < -0.3 is 14.2 Å². The highest BCUT2D eigenvalue weighted by Crippen LogP contribution is 2.29. The highest BCUT2D eigenvalue weighted by Gasteiger charge is 2.29. The average molecular weight is 400 g/mol. The molecule has 0 aromatic heterocycles. The summed E-state index contributed by atoms with van der Waals surface area (Å²) in [7, 11) is 0. The van der Waals surface area contributed by atoms with Crippen LogP contribution in [0.25, 0.3) is 0 Å². The first kappa shape index (κ1) is 22.3. The van der Waals surface area contributed by atoms with Crippen LogP contribution in [0, 0.1) is 17.6 Å². The fraction of sp³-hybridized carbons (Fsp3) is 0.571. The first-order valence-corrected chi connectivity index (χ1v) is 9.76. The van der Waals surface area contributed by atoms with Gasteiger partial charge in [0.25, 0.3) is 0 Å². The van der Waals surface area contributed by atoms with Crippen molar-refractivity contribution in [3.63, 3.8) is 0 Å². The van der Waals surface area contributed by atoms with Crippen LogP contribution in [0.2, 0.25) is 0 Å². The zero-order chi connectivity index (χ0) is 20.5. The third kappa shape index (κ3) is 6.26. The Kier molecular flexibility index (Phi) is 8.83. The normalized spacial score (nSPS) is 20.1. The molecule has 1 aliphatic rings. The van der Waals surface area contributed by atoms with Crippen LogP contribution >= 0.6 is 0 Å². The molecule has 2 atom stereocenters. The van der Waals surface area contributed by atoms with Crippen LogP contribution in [0.3, 0.4) is 0 Å². The Labute approximate surface area is 163 Å². The molecule has 0 radical (unpaired) electrons. The van der Waals surface area contributed by atoms with Gasteiger partial charge in [-0.2, -0.15) is 8.78 Å². The quantitative estimate of drug-likeness (QED) is 0.312. The van der Waals surface area contributed by atoms with Gasteiger partial charge in [0, 0.05) is 0 Å². The van der Waals surface area contributed by atoms with Gasteiger partial charge in [0.2, 0.25) is 11.6 Å². The molecule has 4 nitrogen and oxygen atoms in total. The molecule has 0 saturated carbocycles. The van der Waals surface area contributed by atoms with E-state index in [1.165, 1.54) is 18.2 Å². The molecular weight excluding hydrogens is 373 g/mol. The minimum absolute atomic E-state index is 0.0434. The van der Waals surface area contributed by atoms with Crippen molar-refractivity contribution in [2.45, 2.75) is 58.5 Å². The van der Waals surface area contributed by atoms with Crippen molar-refractivity contribution in [2.75, 3.05) is 13.2 Å². The molecule has 7 heteroatoms. The number of unbranched alkanes of at least 4 members (excludes halogenated alkanes) is 1. The molecule has 28 heavy (non-hydrogen) atoms. The lowest BCUT2D eigenvalue weighted by atomic mass is 9.98. The van der Waals surface area contributed by atoms with Crippen LogP contribution in [-0.2, 0) is 9.53 Å². The molecule has 1 fully saturated rings. The van der Waals surface area contributed by atoms with Gasteiger partial charge in [0.05, 0.1) is 31.1 Å². The van der Waals surface area contributed by atoms with Crippen LogP contribution < -0.4 is 9.47 Å². The van der Waals surface area contributed by atoms with Crippen LogP contribution in [-0.4, -0.2) is 25.3 Å². The number of rotatable bonds is 9. The molecule has 2 unspecified atom stereocenters. The summed E-state index contributed by atoms with van der Waals surface area (Å²) in [4.78, 5) is 12.2. The average Bonchev–Trinajstić information content (AvgIpc) is 2.68. The zero-order valence-electron chi connectivity index (χ0n) is 16.3. The maximum Gasteiger partial charge on any atom is 0.316 e. The third-order valence-electron chi connectivity index (χ3n) is 4.48. The van der Waals surface area contributed by atoms with Gasteiger partial charge in [-0.05, 0) is 50.3 Å². The van der Waals surface area contributed by atoms with E-state index in [4.69, 9.17) is 14.2 Å². The van der Waals surface area contributed by atoms with Crippen LogP contribution in [0.15, 0.2) is 24.0 Å². The molecule has 1 aromatic carbocycles. The lowest BCUT2D eigenvalue weighted by Gasteiger charge is -2.26. The second-order valence-electron chi connectivity index (χ2n) is 6.82. The van der Waals surface area contributed by atoms with E-state index >= 15 is 0 Å². The Balaban J connectivity index is 1.91. The lowest BCUT2D eigenvalue weighted by Crippen LogP contribution is -2.32. The molecule has 1 aromatic rings. The smallest absolute Gasteiger partial charge is 0.316 e. The monoisotopic (exact) mass is 400 g/mol. The number of allylic oxidation sites excluding steroid dienone is 1. The minimum Gasteiger partial charge on any atom is -0.490 e.